The summed E-state index contributed by atoms with van der Waals surface area (Å²) in [5, 5.41) is 14.1. The third-order valence-corrected chi connectivity index (χ3v) is 6.85. The van der Waals surface area contributed by atoms with Crippen LogP contribution in [0.15, 0.2) is 52.9 Å². The third kappa shape index (κ3) is 5.17. The number of thioether (sulfide) groups is 1. The molecule has 30 heavy (non-hydrogen) atoms. The molecule has 2 amide bonds. The highest BCUT2D eigenvalue weighted by molar-refractivity contribution is 8.01. The lowest BCUT2D eigenvalue weighted by molar-refractivity contribution is -0.118. The highest BCUT2D eigenvalue weighted by Crippen LogP contribution is 2.27. The van der Waals surface area contributed by atoms with Gasteiger partial charge in [0.2, 0.25) is 11.0 Å². The van der Waals surface area contributed by atoms with Gasteiger partial charge in [-0.05, 0) is 29.8 Å². The summed E-state index contributed by atoms with van der Waals surface area (Å²) in [4.78, 5) is 28.7. The normalized spacial score (nSPS) is 10.8. The molecule has 0 spiro atoms. The Labute approximate surface area is 182 Å². The Morgan fingerprint density at radius 1 is 1.03 bits per heavy atom. The molecular weight excluding hydrogens is 445 g/mol. The molecule has 4 aromatic rings. The van der Waals surface area contributed by atoms with Gasteiger partial charge in [-0.2, -0.15) is 0 Å². The van der Waals surface area contributed by atoms with E-state index >= 15 is 0 Å². The lowest BCUT2D eigenvalue weighted by Gasteiger charge is -2.04. The molecule has 2 N–H and O–H groups in total. The molecule has 0 unspecified atom stereocenters. The van der Waals surface area contributed by atoms with Crippen LogP contribution in [0.3, 0.4) is 0 Å². The summed E-state index contributed by atoms with van der Waals surface area (Å²) >= 11 is 3.71. The van der Waals surface area contributed by atoms with Crippen molar-refractivity contribution in [2.45, 2.75) is 10.9 Å². The second kappa shape index (κ2) is 9.28. The van der Waals surface area contributed by atoms with Crippen LogP contribution in [-0.4, -0.2) is 32.7 Å². The quantitative estimate of drug-likeness (QED) is 0.321. The molecular formula is C19H14FN5O2S3. The van der Waals surface area contributed by atoms with Crippen LogP contribution >= 0.6 is 34.4 Å². The lowest BCUT2D eigenvalue weighted by Crippen LogP contribution is -2.24. The number of benzene rings is 2. The number of para-hydroxylation sites is 1. The van der Waals surface area contributed by atoms with Crippen LogP contribution in [0.4, 0.5) is 9.52 Å². The number of nitrogens with zero attached hydrogens (tertiary/aromatic N) is 3. The van der Waals surface area contributed by atoms with Gasteiger partial charge in [-0.15, -0.1) is 21.5 Å². The first-order valence-corrected chi connectivity index (χ1v) is 11.3. The number of amides is 2. The van der Waals surface area contributed by atoms with Crippen LogP contribution in [0.25, 0.3) is 10.2 Å². The smallest absolute Gasteiger partial charge is 0.286 e. The van der Waals surface area contributed by atoms with Crippen LogP contribution in [0.2, 0.25) is 0 Å². The molecule has 7 nitrogen and oxygen atoms in total. The second-order valence-corrected chi connectivity index (χ2v) is 9.24. The Balaban J connectivity index is 1.26. The van der Waals surface area contributed by atoms with Gasteiger partial charge in [0.25, 0.3) is 5.91 Å². The topological polar surface area (TPSA) is 96.9 Å². The van der Waals surface area contributed by atoms with Gasteiger partial charge in [0, 0.05) is 6.54 Å². The van der Waals surface area contributed by atoms with Crippen molar-refractivity contribution in [3.05, 3.63) is 64.9 Å². The molecule has 11 heteroatoms. The maximum atomic E-state index is 12.9. The number of carbonyl (C=O) groups is 2. The Morgan fingerprint density at radius 2 is 1.83 bits per heavy atom. The lowest BCUT2D eigenvalue weighted by atomic mass is 10.2. The number of hydrogen-bond acceptors (Lipinski definition) is 8. The zero-order valence-electron chi connectivity index (χ0n) is 15.3. The van der Waals surface area contributed by atoms with Gasteiger partial charge < -0.3 is 5.32 Å². The minimum absolute atomic E-state index is 0.154. The van der Waals surface area contributed by atoms with Gasteiger partial charge >= 0.3 is 0 Å². The van der Waals surface area contributed by atoms with E-state index in [9.17, 15) is 14.0 Å². The largest absolute Gasteiger partial charge is 0.351 e. The molecule has 0 bridgehead atoms. The second-order valence-electron chi connectivity index (χ2n) is 6.01. The van der Waals surface area contributed by atoms with Gasteiger partial charge in [0.1, 0.15) is 5.82 Å². The number of fused-ring (bicyclic) bond motifs is 1. The van der Waals surface area contributed by atoms with Crippen molar-refractivity contribution in [2.24, 2.45) is 0 Å². The van der Waals surface area contributed by atoms with Crippen molar-refractivity contribution < 1.29 is 14.0 Å². The zero-order valence-corrected chi connectivity index (χ0v) is 17.7. The van der Waals surface area contributed by atoms with E-state index in [-0.39, 0.29) is 23.4 Å². The van der Waals surface area contributed by atoms with E-state index in [1.165, 1.54) is 46.6 Å². The van der Waals surface area contributed by atoms with Crippen molar-refractivity contribution in [1.29, 1.82) is 0 Å². The molecule has 0 radical (unpaired) electrons. The minimum Gasteiger partial charge on any atom is -0.351 e. The molecule has 2 heterocycles. The molecule has 152 valence electrons. The molecule has 0 atom stereocenters. The predicted molar refractivity (Wildman–Crippen MR) is 116 cm³/mol. The molecule has 2 aromatic heterocycles. The number of thiazole rings is 1. The van der Waals surface area contributed by atoms with Crippen molar-refractivity contribution in [3.8, 4) is 0 Å². The standard InChI is InChI=1S/C19H14FN5O2S3/c20-12-7-5-11(6-8-12)9-21-15(26)10-28-19-25-24-18(30-19)23-16(27)17-22-13-3-1-2-4-14(13)29-17/h1-8H,9-10H2,(H,21,26)(H,23,24,27). The van der Waals surface area contributed by atoms with E-state index in [4.69, 9.17) is 0 Å². The van der Waals surface area contributed by atoms with Crippen molar-refractivity contribution in [1.82, 2.24) is 20.5 Å². The van der Waals surface area contributed by atoms with E-state index in [2.05, 4.69) is 25.8 Å². The van der Waals surface area contributed by atoms with Crippen LogP contribution in [0.5, 0.6) is 0 Å². The summed E-state index contributed by atoms with van der Waals surface area (Å²) in [6.07, 6.45) is 0. The number of halogens is 1. The molecule has 0 aliphatic carbocycles. The van der Waals surface area contributed by atoms with Crippen LogP contribution in [0.1, 0.15) is 15.4 Å². The summed E-state index contributed by atoms with van der Waals surface area (Å²) < 4.78 is 14.4. The molecule has 0 aliphatic rings. The van der Waals surface area contributed by atoms with E-state index in [1.54, 1.807) is 12.1 Å². The Morgan fingerprint density at radius 3 is 2.63 bits per heavy atom. The van der Waals surface area contributed by atoms with Gasteiger partial charge in [0.05, 0.1) is 16.0 Å². The Bertz CT molecular complexity index is 1160. The van der Waals surface area contributed by atoms with Gasteiger partial charge in [-0.25, -0.2) is 9.37 Å². The van der Waals surface area contributed by atoms with Crippen molar-refractivity contribution in [2.75, 3.05) is 11.1 Å². The van der Waals surface area contributed by atoms with Crippen LogP contribution < -0.4 is 10.6 Å². The summed E-state index contributed by atoms with van der Waals surface area (Å²) in [6.45, 7) is 0.319. The average molecular weight is 460 g/mol. The first kappa shape index (κ1) is 20.4. The maximum Gasteiger partial charge on any atom is 0.286 e. The summed E-state index contributed by atoms with van der Waals surface area (Å²) in [5.41, 5.74) is 1.58. The van der Waals surface area contributed by atoms with E-state index in [1.807, 2.05) is 24.3 Å². The molecule has 2 aromatic carbocycles. The van der Waals surface area contributed by atoms with E-state index < -0.39 is 0 Å². The third-order valence-electron chi connectivity index (χ3n) is 3.84. The highest BCUT2D eigenvalue weighted by atomic mass is 32.2. The van der Waals surface area contributed by atoms with Crippen LogP contribution in [-0.2, 0) is 11.3 Å². The van der Waals surface area contributed by atoms with Crippen molar-refractivity contribution >= 4 is 61.6 Å². The number of hydrogen-bond donors (Lipinski definition) is 2. The SMILES string of the molecule is O=C(CSc1nnc(NC(=O)c2nc3ccccc3s2)s1)NCc1ccc(F)cc1. The molecule has 0 aliphatic heterocycles. The number of carbonyl (C=O) groups excluding carboxylic acids is 2. The fourth-order valence-electron chi connectivity index (χ4n) is 2.42. The summed E-state index contributed by atoms with van der Waals surface area (Å²) in [7, 11) is 0. The van der Waals surface area contributed by atoms with E-state index in [0.717, 1.165) is 15.8 Å². The first-order valence-electron chi connectivity index (χ1n) is 8.71. The predicted octanol–water partition coefficient (Wildman–Crippen LogP) is 3.95. The van der Waals surface area contributed by atoms with Gasteiger partial charge in [-0.1, -0.05) is 47.4 Å². The Kier molecular flexibility index (Phi) is 6.31. The first-order chi connectivity index (χ1) is 14.6. The van der Waals surface area contributed by atoms with E-state index in [0.29, 0.717) is 21.0 Å². The molecule has 4 rings (SSSR count). The van der Waals surface area contributed by atoms with Crippen LogP contribution in [0, 0.1) is 5.82 Å². The number of aromatic nitrogens is 3. The number of rotatable bonds is 7. The Hall–Kier alpha value is -2.89. The molecule has 0 saturated carbocycles. The highest BCUT2D eigenvalue weighted by Gasteiger charge is 2.15. The van der Waals surface area contributed by atoms with Gasteiger partial charge in [-0.3, -0.25) is 14.9 Å². The monoisotopic (exact) mass is 459 g/mol. The van der Waals surface area contributed by atoms with Crippen molar-refractivity contribution in [3.63, 3.8) is 0 Å². The number of nitrogens with one attached hydrogen (secondary N) is 2. The maximum absolute atomic E-state index is 12.9. The molecule has 0 fully saturated rings. The minimum atomic E-state index is -0.346. The summed E-state index contributed by atoms with van der Waals surface area (Å²) in [6, 6.07) is 13.5. The molecule has 0 saturated heterocycles. The zero-order chi connectivity index (χ0) is 20.9. The fraction of sp³-hybridized carbons (Fsp3) is 0.105. The summed E-state index contributed by atoms with van der Waals surface area (Å²) in [5.74, 6) is -0.690. The fourth-order valence-corrected chi connectivity index (χ4v) is 4.86. The number of anilines is 1. The van der Waals surface area contributed by atoms with Gasteiger partial charge in [0.15, 0.2) is 9.35 Å². The average Bonchev–Trinajstić information content (AvgIpc) is 3.38.